The molecular formula is C10H14N2OS. The molecule has 14 heavy (non-hydrogen) atoms. The van der Waals surface area contributed by atoms with Crippen molar-refractivity contribution in [2.45, 2.75) is 26.4 Å². The first kappa shape index (κ1) is 11.2. The summed E-state index contributed by atoms with van der Waals surface area (Å²) in [5, 5.41) is 11.4. The molecule has 1 aromatic heterocycles. The molecule has 0 aliphatic rings. The maximum atomic E-state index is 8.52. The Kier molecular flexibility index (Phi) is 4.05. The Labute approximate surface area is 88.4 Å². The van der Waals surface area contributed by atoms with Crippen molar-refractivity contribution >= 4 is 11.3 Å². The van der Waals surface area contributed by atoms with Gasteiger partial charge in [-0.15, -0.1) is 11.3 Å². The number of aromatic nitrogens is 1. The molecule has 1 aromatic rings. The number of rotatable bonds is 4. The van der Waals surface area contributed by atoms with Crippen molar-refractivity contribution in [2.24, 2.45) is 5.92 Å². The minimum Gasteiger partial charge on any atom is -0.374 e. The average Bonchev–Trinajstić information content (AvgIpc) is 2.54. The molecule has 1 unspecified atom stereocenters. The van der Waals surface area contributed by atoms with Gasteiger partial charge in [0.15, 0.2) is 0 Å². The van der Waals surface area contributed by atoms with E-state index in [1.54, 1.807) is 18.4 Å². The fourth-order valence-corrected chi connectivity index (χ4v) is 2.34. The van der Waals surface area contributed by atoms with E-state index in [2.05, 4.69) is 24.9 Å². The summed E-state index contributed by atoms with van der Waals surface area (Å²) < 4.78 is 5.35. The van der Waals surface area contributed by atoms with Gasteiger partial charge in [-0.05, 0) is 5.92 Å². The van der Waals surface area contributed by atoms with Crippen LogP contribution in [0.1, 0.15) is 30.7 Å². The molecule has 0 fully saturated rings. The van der Waals surface area contributed by atoms with Gasteiger partial charge in [0, 0.05) is 12.5 Å². The zero-order valence-electron chi connectivity index (χ0n) is 8.65. The Hall–Kier alpha value is -0.920. The normalized spacial score (nSPS) is 12.8. The molecule has 0 spiro atoms. The Morgan fingerprint density at radius 2 is 2.36 bits per heavy atom. The molecule has 0 bridgehead atoms. The first-order valence-electron chi connectivity index (χ1n) is 4.53. The standard InChI is InChI=1S/C10H14N2OS/c1-7(2)9(13-3)10-12-8(4-5-11)6-14-10/h6-7,9H,4H2,1-3H3. The molecule has 0 saturated carbocycles. The summed E-state index contributed by atoms with van der Waals surface area (Å²) in [6, 6.07) is 2.09. The van der Waals surface area contributed by atoms with Gasteiger partial charge in [-0.3, -0.25) is 0 Å². The van der Waals surface area contributed by atoms with Crippen molar-refractivity contribution < 1.29 is 4.74 Å². The molecule has 0 aliphatic heterocycles. The molecular weight excluding hydrogens is 196 g/mol. The molecule has 4 heteroatoms. The first-order chi connectivity index (χ1) is 6.69. The summed E-state index contributed by atoms with van der Waals surface area (Å²) in [4.78, 5) is 4.36. The lowest BCUT2D eigenvalue weighted by Gasteiger charge is -2.15. The van der Waals surface area contributed by atoms with E-state index in [9.17, 15) is 0 Å². The van der Waals surface area contributed by atoms with Crippen LogP contribution in [-0.2, 0) is 11.2 Å². The highest BCUT2D eigenvalue weighted by molar-refractivity contribution is 7.09. The Morgan fingerprint density at radius 3 is 2.86 bits per heavy atom. The predicted octanol–water partition coefficient (Wildman–Crippen LogP) is 2.55. The Balaban J connectivity index is 2.79. The predicted molar refractivity (Wildman–Crippen MR) is 56.0 cm³/mol. The fraction of sp³-hybridized carbons (Fsp3) is 0.600. The Morgan fingerprint density at radius 1 is 1.64 bits per heavy atom. The van der Waals surface area contributed by atoms with Gasteiger partial charge >= 0.3 is 0 Å². The van der Waals surface area contributed by atoms with Gasteiger partial charge < -0.3 is 4.74 Å². The van der Waals surface area contributed by atoms with Crippen molar-refractivity contribution in [3.8, 4) is 6.07 Å². The molecule has 1 heterocycles. The van der Waals surface area contributed by atoms with Crippen LogP contribution in [0.4, 0.5) is 0 Å². The molecule has 3 nitrogen and oxygen atoms in total. The third kappa shape index (κ3) is 2.53. The molecule has 0 N–H and O–H groups in total. The van der Waals surface area contributed by atoms with Crippen molar-refractivity contribution in [1.29, 1.82) is 5.26 Å². The summed E-state index contributed by atoms with van der Waals surface area (Å²) in [6.45, 7) is 4.19. The van der Waals surface area contributed by atoms with Gasteiger partial charge in [-0.2, -0.15) is 5.26 Å². The third-order valence-electron chi connectivity index (χ3n) is 1.93. The van der Waals surface area contributed by atoms with Crippen LogP contribution in [0.5, 0.6) is 0 Å². The zero-order valence-corrected chi connectivity index (χ0v) is 9.47. The number of nitrogens with zero attached hydrogens (tertiary/aromatic N) is 2. The van der Waals surface area contributed by atoms with Crippen molar-refractivity contribution in [3.05, 3.63) is 16.1 Å². The summed E-state index contributed by atoms with van der Waals surface area (Å²) in [7, 11) is 1.69. The summed E-state index contributed by atoms with van der Waals surface area (Å²) in [6.07, 6.45) is 0.429. The molecule has 1 atom stereocenters. The van der Waals surface area contributed by atoms with Crippen LogP contribution in [0.3, 0.4) is 0 Å². The van der Waals surface area contributed by atoms with E-state index in [1.807, 2.05) is 5.38 Å². The van der Waals surface area contributed by atoms with E-state index in [0.29, 0.717) is 12.3 Å². The van der Waals surface area contributed by atoms with Crippen LogP contribution >= 0.6 is 11.3 Å². The molecule has 0 aromatic carbocycles. The van der Waals surface area contributed by atoms with E-state index < -0.39 is 0 Å². The highest BCUT2D eigenvalue weighted by Crippen LogP contribution is 2.27. The SMILES string of the molecule is COC(c1nc(CC#N)cs1)C(C)C. The smallest absolute Gasteiger partial charge is 0.122 e. The van der Waals surface area contributed by atoms with Gasteiger partial charge in [0.2, 0.25) is 0 Å². The third-order valence-corrected chi connectivity index (χ3v) is 2.89. The number of nitriles is 1. The maximum Gasteiger partial charge on any atom is 0.122 e. The zero-order chi connectivity index (χ0) is 10.6. The first-order valence-corrected chi connectivity index (χ1v) is 5.41. The topological polar surface area (TPSA) is 45.9 Å². The largest absolute Gasteiger partial charge is 0.374 e. The molecule has 0 amide bonds. The van der Waals surface area contributed by atoms with Gasteiger partial charge in [-0.25, -0.2) is 4.98 Å². The van der Waals surface area contributed by atoms with Gasteiger partial charge in [-0.1, -0.05) is 13.8 Å². The van der Waals surface area contributed by atoms with Crippen molar-refractivity contribution in [1.82, 2.24) is 4.98 Å². The molecule has 1 rings (SSSR count). The Bertz CT molecular complexity index is 327. The molecule has 0 aliphatic carbocycles. The lowest BCUT2D eigenvalue weighted by Crippen LogP contribution is -2.08. The molecule has 0 radical (unpaired) electrons. The molecule has 0 saturated heterocycles. The number of methoxy groups -OCH3 is 1. The highest BCUT2D eigenvalue weighted by atomic mass is 32.1. The van der Waals surface area contributed by atoms with E-state index >= 15 is 0 Å². The summed E-state index contributed by atoms with van der Waals surface area (Å²) in [5.41, 5.74) is 0.843. The average molecular weight is 210 g/mol. The quantitative estimate of drug-likeness (QED) is 0.767. The van der Waals surface area contributed by atoms with Crippen molar-refractivity contribution in [2.75, 3.05) is 7.11 Å². The second kappa shape index (κ2) is 5.08. The van der Waals surface area contributed by atoms with E-state index in [4.69, 9.17) is 10.00 Å². The number of hydrogen-bond acceptors (Lipinski definition) is 4. The van der Waals surface area contributed by atoms with E-state index in [0.717, 1.165) is 10.7 Å². The lowest BCUT2D eigenvalue weighted by atomic mass is 10.1. The van der Waals surface area contributed by atoms with E-state index in [1.165, 1.54) is 0 Å². The minimum absolute atomic E-state index is 0.0486. The van der Waals surface area contributed by atoms with Crippen LogP contribution in [0.2, 0.25) is 0 Å². The maximum absolute atomic E-state index is 8.52. The fourth-order valence-electron chi connectivity index (χ4n) is 1.27. The number of hydrogen-bond donors (Lipinski definition) is 0. The second-order valence-corrected chi connectivity index (χ2v) is 4.30. The van der Waals surface area contributed by atoms with Crippen LogP contribution in [0.15, 0.2) is 5.38 Å². The van der Waals surface area contributed by atoms with Gasteiger partial charge in [0.25, 0.3) is 0 Å². The number of ether oxygens (including phenoxy) is 1. The van der Waals surface area contributed by atoms with Crippen LogP contribution in [-0.4, -0.2) is 12.1 Å². The second-order valence-electron chi connectivity index (χ2n) is 3.41. The monoisotopic (exact) mass is 210 g/mol. The summed E-state index contributed by atoms with van der Waals surface area (Å²) in [5.74, 6) is 0.404. The summed E-state index contributed by atoms with van der Waals surface area (Å²) >= 11 is 1.56. The molecule has 76 valence electrons. The lowest BCUT2D eigenvalue weighted by molar-refractivity contribution is 0.0643. The van der Waals surface area contributed by atoms with Crippen LogP contribution < -0.4 is 0 Å². The highest BCUT2D eigenvalue weighted by Gasteiger charge is 2.18. The van der Waals surface area contributed by atoms with Crippen LogP contribution in [0, 0.1) is 17.2 Å². The number of thiazole rings is 1. The van der Waals surface area contributed by atoms with Gasteiger partial charge in [0.1, 0.15) is 11.1 Å². The van der Waals surface area contributed by atoms with E-state index in [-0.39, 0.29) is 6.10 Å². The van der Waals surface area contributed by atoms with Crippen molar-refractivity contribution in [3.63, 3.8) is 0 Å². The minimum atomic E-state index is 0.0486. The van der Waals surface area contributed by atoms with Gasteiger partial charge in [0.05, 0.1) is 18.2 Å². The van der Waals surface area contributed by atoms with Crippen LogP contribution in [0.25, 0.3) is 0 Å².